The monoisotopic (exact) mass is 393 g/mol. The predicted octanol–water partition coefficient (Wildman–Crippen LogP) is 3.84. The van der Waals surface area contributed by atoms with Crippen molar-refractivity contribution in [1.29, 1.82) is 0 Å². The summed E-state index contributed by atoms with van der Waals surface area (Å²) in [6, 6.07) is 15.7. The van der Waals surface area contributed by atoms with Crippen LogP contribution in [0.4, 0.5) is 13.2 Å². The van der Waals surface area contributed by atoms with Gasteiger partial charge in [0.2, 0.25) is 0 Å². The smallest absolute Gasteiger partial charge is 0.405 e. The third-order valence-electron chi connectivity index (χ3n) is 5.53. The topological polar surface area (TPSA) is 41.9 Å². The average Bonchev–Trinajstić information content (AvgIpc) is 2.63. The van der Waals surface area contributed by atoms with Gasteiger partial charge in [0, 0.05) is 24.2 Å². The summed E-state index contributed by atoms with van der Waals surface area (Å²) < 4.78 is 48.3. The van der Waals surface area contributed by atoms with Gasteiger partial charge in [0.15, 0.2) is 0 Å². The van der Waals surface area contributed by atoms with E-state index in [0.717, 1.165) is 12.1 Å². The number of hydrogen-bond acceptors (Lipinski definition) is 4. The van der Waals surface area contributed by atoms with E-state index in [1.165, 1.54) is 18.2 Å². The molecule has 0 spiro atoms. The number of piperidine rings is 1. The standard InChI is InChI=1S/C21H22F3NO3/c22-21(23,24)28-19-9-5-4-8-18(19)20(26)10-16-13-27-14-17(11-20)25(16)12-15-6-2-1-3-7-15/h1-9,16-17,26H,10-14H2. The fourth-order valence-corrected chi connectivity index (χ4v) is 4.38. The quantitative estimate of drug-likeness (QED) is 0.857. The van der Waals surface area contributed by atoms with Crippen LogP contribution in [0.15, 0.2) is 54.6 Å². The Morgan fingerprint density at radius 2 is 1.61 bits per heavy atom. The number of aliphatic hydroxyl groups is 1. The van der Waals surface area contributed by atoms with Crippen molar-refractivity contribution in [3.63, 3.8) is 0 Å². The highest BCUT2D eigenvalue weighted by Gasteiger charge is 2.48. The molecule has 2 saturated heterocycles. The van der Waals surface area contributed by atoms with E-state index in [1.54, 1.807) is 6.07 Å². The maximum atomic E-state index is 12.8. The van der Waals surface area contributed by atoms with Crippen LogP contribution < -0.4 is 4.74 Å². The van der Waals surface area contributed by atoms with E-state index in [-0.39, 0.29) is 36.2 Å². The molecule has 0 aliphatic carbocycles. The molecule has 0 aromatic heterocycles. The van der Waals surface area contributed by atoms with Crippen molar-refractivity contribution in [2.24, 2.45) is 0 Å². The fraction of sp³-hybridized carbons (Fsp3) is 0.429. The Morgan fingerprint density at radius 3 is 2.25 bits per heavy atom. The molecule has 2 atom stereocenters. The molecule has 2 aromatic rings. The number of hydrogen-bond donors (Lipinski definition) is 1. The highest BCUT2D eigenvalue weighted by atomic mass is 19.4. The lowest BCUT2D eigenvalue weighted by molar-refractivity contribution is -0.275. The van der Waals surface area contributed by atoms with Crippen LogP contribution in [0.2, 0.25) is 0 Å². The molecule has 28 heavy (non-hydrogen) atoms. The SMILES string of the molecule is OC1(c2ccccc2OC(F)(F)F)CC2COCC(C1)N2Cc1ccccc1. The molecular formula is C21H22F3NO3. The Hall–Kier alpha value is -2.09. The minimum atomic E-state index is -4.81. The molecular weight excluding hydrogens is 371 g/mol. The van der Waals surface area contributed by atoms with Gasteiger partial charge >= 0.3 is 6.36 Å². The zero-order valence-corrected chi connectivity index (χ0v) is 15.2. The Morgan fingerprint density at radius 1 is 1.00 bits per heavy atom. The minimum absolute atomic E-state index is 0.0864. The summed E-state index contributed by atoms with van der Waals surface area (Å²) in [6.07, 6.45) is -4.23. The van der Waals surface area contributed by atoms with Gasteiger partial charge in [-0.05, 0) is 24.5 Å². The van der Waals surface area contributed by atoms with Crippen LogP contribution in [0.3, 0.4) is 0 Å². The number of rotatable bonds is 4. The minimum Gasteiger partial charge on any atom is -0.405 e. The van der Waals surface area contributed by atoms with Gasteiger partial charge in [0.1, 0.15) is 5.75 Å². The Balaban J connectivity index is 1.60. The van der Waals surface area contributed by atoms with Gasteiger partial charge in [-0.15, -0.1) is 13.2 Å². The molecule has 4 nitrogen and oxygen atoms in total. The Labute approximate surface area is 161 Å². The Bertz CT molecular complexity index is 798. The van der Waals surface area contributed by atoms with E-state index in [9.17, 15) is 18.3 Å². The molecule has 150 valence electrons. The largest absolute Gasteiger partial charge is 0.573 e. The summed E-state index contributed by atoms with van der Waals surface area (Å²) in [5.41, 5.74) is -0.0528. The molecule has 2 aromatic carbocycles. The summed E-state index contributed by atoms with van der Waals surface area (Å²) in [5.74, 6) is -0.340. The van der Waals surface area contributed by atoms with Crippen molar-refractivity contribution >= 4 is 0 Å². The van der Waals surface area contributed by atoms with Gasteiger partial charge in [0.25, 0.3) is 0 Å². The van der Waals surface area contributed by atoms with E-state index in [0.29, 0.717) is 13.2 Å². The molecule has 2 unspecified atom stereocenters. The first-order valence-corrected chi connectivity index (χ1v) is 9.29. The number of morpholine rings is 1. The summed E-state index contributed by atoms with van der Waals surface area (Å²) in [7, 11) is 0. The molecule has 0 saturated carbocycles. The second-order valence-electron chi connectivity index (χ2n) is 7.49. The molecule has 2 aliphatic rings. The third kappa shape index (κ3) is 4.01. The van der Waals surface area contributed by atoms with E-state index in [1.807, 2.05) is 30.3 Å². The van der Waals surface area contributed by atoms with Gasteiger partial charge in [0.05, 0.1) is 18.8 Å². The number of halogens is 3. The maximum Gasteiger partial charge on any atom is 0.573 e. The van der Waals surface area contributed by atoms with Crippen molar-refractivity contribution in [3.8, 4) is 5.75 Å². The van der Waals surface area contributed by atoms with Gasteiger partial charge in [-0.2, -0.15) is 0 Å². The van der Waals surface area contributed by atoms with Crippen molar-refractivity contribution in [3.05, 3.63) is 65.7 Å². The number of nitrogens with zero attached hydrogens (tertiary/aromatic N) is 1. The van der Waals surface area contributed by atoms with E-state index < -0.39 is 12.0 Å². The average molecular weight is 393 g/mol. The second-order valence-corrected chi connectivity index (χ2v) is 7.49. The zero-order valence-electron chi connectivity index (χ0n) is 15.2. The second kappa shape index (κ2) is 7.39. The molecule has 0 radical (unpaired) electrons. The van der Waals surface area contributed by atoms with Crippen LogP contribution in [-0.2, 0) is 16.9 Å². The first-order chi connectivity index (χ1) is 13.3. The lowest BCUT2D eigenvalue weighted by atomic mass is 9.76. The summed E-state index contributed by atoms with van der Waals surface area (Å²) in [4.78, 5) is 2.29. The maximum absolute atomic E-state index is 12.8. The Kier molecular flexibility index (Phi) is 5.07. The summed E-state index contributed by atoms with van der Waals surface area (Å²) in [5, 5.41) is 11.4. The molecule has 2 heterocycles. The number of fused-ring (bicyclic) bond motifs is 2. The highest BCUT2D eigenvalue weighted by Crippen LogP contribution is 2.45. The van der Waals surface area contributed by atoms with Crippen molar-refractivity contribution in [1.82, 2.24) is 4.90 Å². The molecule has 4 rings (SSSR count). The molecule has 7 heteroatoms. The molecule has 2 bridgehead atoms. The van der Waals surface area contributed by atoms with Crippen LogP contribution in [0.5, 0.6) is 5.75 Å². The van der Waals surface area contributed by atoms with E-state index in [4.69, 9.17) is 4.74 Å². The van der Waals surface area contributed by atoms with Crippen molar-refractivity contribution in [2.45, 2.75) is 43.4 Å². The summed E-state index contributed by atoms with van der Waals surface area (Å²) in [6.45, 7) is 1.60. The molecule has 2 aliphatic heterocycles. The lowest BCUT2D eigenvalue weighted by Crippen LogP contribution is -2.60. The van der Waals surface area contributed by atoms with Gasteiger partial charge in [-0.1, -0.05) is 48.5 Å². The molecule has 0 amide bonds. The van der Waals surface area contributed by atoms with E-state index in [2.05, 4.69) is 9.64 Å². The van der Waals surface area contributed by atoms with Gasteiger partial charge in [-0.25, -0.2) is 0 Å². The first-order valence-electron chi connectivity index (χ1n) is 9.29. The number of benzene rings is 2. The van der Waals surface area contributed by atoms with Crippen molar-refractivity contribution < 1.29 is 27.8 Å². The third-order valence-corrected chi connectivity index (χ3v) is 5.53. The van der Waals surface area contributed by atoms with Crippen LogP contribution in [-0.4, -0.2) is 41.7 Å². The van der Waals surface area contributed by atoms with E-state index >= 15 is 0 Å². The number of alkyl halides is 3. The number of ether oxygens (including phenoxy) is 2. The lowest BCUT2D eigenvalue weighted by Gasteiger charge is -2.52. The molecule has 2 fully saturated rings. The normalized spacial score (nSPS) is 28.1. The molecule has 1 N–H and O–H groups in total. The van der Waals surface area contributed by atoms with Gasteiger partial charge in [-0.3, -0.25) is 4.90 Å². The summed E-state index contributed by atoms with van der Waals surface area (Å²) >= 11 is 0. The predicted molar refractivity (Wildman–Crippen MR) is 96.6 cm³/mol. The van der Waals surface area contributed by atoms with Crippen LogP contribution in [0, 0.1) is 0 Å². The number of para-hydroxylation sites is 1. The fourth-order valence-electron chi connectivity index (χ4n) is 4.38. The zero-order chi connectivity index (χ0) is 19.8. The van der Waals surface area contributed by atoms with Crippen LogP contribution in [0.25, 0.3) is 0 Å². The van der Waals surface area contributed by atoms with Gasteiger partial charge < -0.3 is 14.6 Å². The van der Waals surface area contributed by atoms with Crippen LogP contribution >= 0.6 is 0 Å². The first kappa shape index (κ1) is 19.2. The van der Waals surface area contributed by atoms with Crippen LogP contribution in [0.1, 0.15) is 24.0 Å². The highest BCUT2D eigenvalue weighted by molar-refractivity contribution is 5.39. The van der Waals surface area contributed by atoms with Crippen molar-refractivity contribution in [2.75, 3.05) is 13.2 Å².